The highest BCUT2D eigenvalue weighted by atomic mass is 16.6. The van der Waals surface area contributed by atoms with Gasteiger partial charge in [-0.05, 0) is 56.7 Å². The molecule has 0 aromatic heterocycles. The van der Waals surface area contributed by atoms with E-state index in [0.717, 1.165) is 18.4 Å². The summed E-state index contributed by atoms with van der Waals surface area (Å²) in [4.78, 5) is 53.0. The van der Waals surface area contributed by atoms with Crippen LogP contribution in [0.5, 0.6) is 0 Å². The molecule has 9 heteroatoms. The molecule has 1 aliphatic rings. The van der Waals surface area contributed by atoms with E-state index in [-0.39, 0.29) is 18.5 Å². The van der Waals surface area contributed by atoms with Crippen LogP contribution in [0.4, 0.5) is 4.79 Å². The molecule has 0 heterocycles. The van der Waals surface area contributed by atoms with Crippen molar-refractivity contribution in [2.45, 2.75) is 71.2 Å². The Bertz CT molecular complexity index is 949. The number of methoxy groups -OCH3 is 1. The summed E-state index contributed by atoms with van der Waals surface area (Å²) in [7, 11) is 1.23. The van der Waals surface area contributed by atoms with Crippen LogP contribution >= 0.6 is 0 Å². The molecule has 1 fully saturated rings. The molecule has 0 saturated heterocycles. The number of nitrogens with zero attached hydrogens (tertiary/aromatic N) is 1. The number of nitrogens with one attached hydrogen (secondary N) is 2. The molecule has 35 heavy (non-hydrogen) atoms. The highest BCUT2D eigenvalue weighted by molar-refractivity contribution is 5.93. The molecular weight excluding hydrogens is 450 g/mol. The Morgan fingerprint density at radius 2 is 1.86 bits per heavy atom. The van der Waals surface area contributed by atoms with E-state index in [9.17, 15) is 19.2 Å². The minimum Gasteiger partial charge on any atom is -0.468 e. The van der Waals surface area contributed by atoms with Gasteiger partial charge in [0.15, 0.2) is 0 Å². The van der Waals surface area contributed by atoms with Crippen molar-refractivity contribution in [2.75, 3.05) is 13.7 Å². The number of rotatable bonds is 10. The van der Waals surface area contributed by atoms with Gasteiger partial charge in [-0.1, -0.05) is 44.7 Å². The zero-order chi connectivity index (χ0) is 26.3. The van der Waals surface area contributed by atoms with E-state index in [4.69, 9.17) is 4.74 Å². The monoisotopic (exact) mass is 487 g/mol. The van der Waals surface area contributed by atoms with E-state index in [1.165, 1.54) is 12.0 Å². The van der Waals surface area contributed by atoms with E-state index in [1.807, 2.05) is 19.9 Å². The van der Waals surface area contributed by atoms with Gasteiger partial charge in [0, 0.05) is 6.04 Å². The summed E-state index contributed by atoms with van der Waals surface area (Å²) >= 11 is 0. The van der Waals surface area contributed by atoms with Crippen molar-refractivity contribution in [1.82, 2.24) is 15.5 Å². The average Bonchev–Trinajstić information content (AvgIpc) is 3.62. The van der Waals surface area contributed by atoms with Crippen LogP contribution in [-0.4, -0.2) is 60.1 Å². The van der Waals surface area contributed by atoms with Crippen molar-refractivity contribution in [3.63, 3.8) is 0 Å². The molecule has 2 N–H and O–H groups in total. The zero-order valence-electron chi connectivity index (χ0n) is 21.4. The smallest absolute Gasteiger partial charge is 0.408 e. The summed E-state index contributed by atoms with van der Waals surface area (Å²) in [6, 6.07) is 5.05. The van der Waals surface area contributed by atoms with Crippen LogP contribution in [0.2, 0.25) is 0 Å². The minimum atomic E-state index is -1.01. The van der Waals surface area contributed by atoms with Crippen LogP contribution in [0.15, 0.2) is 30.8 Å². The molecule has 2 unspecified atom stereocenters. The molecule has 9 nitrogen and oxygen atoms in total. The number of alkyl carbamates (subject to hydrolysis) is 1. The lowest BCUT2D eigenvalue weighted by Crippen LogP contribution is -2.55. The number of carbonyl (C=O) groups is 4. The molecule has 1 aromatic carbocycles. The van der Waals surface area contributed by atoms with E-state index in [1.54, 1.807) is 45.0 Å². The van der Waals surface area contributed by atoms with Crippen LogP contribution in [0.1, 0.15) is 64.6 Å². The fraction of sp³-hybridized carbons (Fsp3) is 0.538. The number of ether oxygens (including phenoxy) is 2. The van der Waals surface area contributed by atoms with Crippen LogP contribution < -0.4 is 10.6 Å². The highest BCUT2D eigenvalue weighted by Crippen LogP contribution is 2.36. The predicted octanol–water partition coefficient (Wildman–Crippen LogP) is 3.20. The average molecular weight is 488 g/mol. The second-order valence-electron chi connectivity index (χ2n) is 9.92. The number of benzene rings is 1. The Morgan fingerprint density at radius 3 is 2.37 bits per heavy atom. The van der Waals surface area contributed by atoms with Crippen LogP contribution in [-0.2, 0) is 23.9 Å². The van der Waals surface area contributed by atoms with E-state index >= 15 is 0 Å². The lowest BCUT2D eigenvalue weighted by atomic mass is 9.97. The molecule has 0 bridgehead atoms. The van der Waals surface area contributed by atoms with Gasteiger partial charge in [-0.25, -0.2) is 4.79 Å². The minimum absolute atomic E-state index is 0.176. The Hall–Kier alpha value is -3.36. The SMILES string of the molecule is C=Cc1cccc(C(C(=O)NCC(=O)OC)N(C(=O)C(NC(=O)OC(C)(C)C)C(C)C)C2CC2)c1. The molecule has 192 valence electrons. The first kappa shape index (κ1) is 27.9. The van der Waals surface area contributed by atoms with Gasteiger partial charge >= 0.3 is 12.1 Å². The molecule has 1 aliphatic carbocycles. The summed E-state index contributed by atoms with van der Waals surface area (Å²) in [5.41, 5.74) is 0.625. The van der Waals surface area contributed by atoms with Crippen molar-refractivity contribution < 1.29 is 28.7 Å². The van der Waals surface area contributed by atoms with Crippen LogP contribution in [0.3, 0.4) is 0 Å². The van der Waals surface area contributed by atoms with Crippen molar-refractivity contribution in [3.8, 4) is 0 Å². The molecule has 1 saturated carbocycles. The molecule has 2 atom stereocenters. The first-order valence-electron chi connectivity index (χ1n) is 11.8. The molecule has 0 aliphatic heterocycles. The lowest BCUT2D eigenvalue weighted by molar-refractivity contribution is -0.145. The third-order valence-corrected chi connectivity index (χ3v) is 5.42. The Balaban J connectivity index is 2.45. The summed E-state index contributed by atoms with van der Waals surface area (Å²) in [6.45, 7) is 12.3. The van der Waals surface area contributed by atoms with Crippen LogP contribution in [0, 0.1) is 5.92 Å². The number of esters is 1. The molecule has 3 amide bonds. The van der Waals surface area contributed by atoms with Gasteiger partial charge in [0.2, 0.25) is 11.8 Å². The van der Waals surface area contributed by atoms with Crippen molar-refractivity contribution in [3.05, 3.63) is 42.0 Å². The van der Waals surface area contributed by atoms with E-state index in [2.05, 4.69) is 21.9 Å². The van der Waals surface area contributed by atoms with Gasteiger partial charge in [0.05, 0.1) is 7.11 Å². The maximum atomic E-state index is 13.9. The predicted molar refractivity (Wildman–Crippen MR) is 132 cm³/mol. The molecule has 0 spiro atoms. The quantitative estimate of drug-likeness (QED) is 0.490. The van der Waals surface area contributed by atoms with Crippen molar-refractivity contribution in [1.29, 1.82) is 0 Å². The van der Waals surface area contributed by atoms with Crippen molar-refractivity contribution >= 4 is 30.0 Å². The molecule has 2 rings (SSSR count). The maximum Gasteiger partial charge on any atom is 0.408 e. The maximum absolute atomic E-state index is 13.9. The fourth-order valence-electron chi connectivity index (χ4n) is 3.60. The van der Waals surface area contributed by atoms with Gasteiger partial charge in [-0.3, -0.25) is 14.4 Å². The Kier molecular flexibility index (Phi) is 9.45. The first-order valence-corrected chi connectivity index (χ1v) is 11.8. The second kappa shape index (κ2) is 11.9. The summed E-state index contributed by atoms with van der Waals surface area (Å²) in [6.07, 6.45) is 2.40. The van der Waals surface area contributed by atoms with E-state index in [0.29, 0.717) is 5.56 Å². The summed E-state index contributed by atoms with van der Waals surface area (Å²) < 4.78 is 10.00. The normalized spacial score (nSPS) is 14.9. The lowest BCUT2D eigenvalue weighted by Gasteiger charge is -2.35. The first-order chi connectivity index (χ1) is 16.4. The summed E-state index contributed by atoms with van der Waals surface area (Å²) in [5.74, 6) is -1.78. The molecular formula is C26H37N3O6. The Labute approximate surface area is 207 Å². The third kappa shape index (κ3) is 8.12. The van der Waals surface area contributed by atoms with Crippen LogP contribution in [0.25, 0.3) is 6.08 Å². The standard InChI is InChI=1S/C26H37N3O6/c1-8-17-10-9-11-18(14-17)22(23(31)27-15-20(30)34-7)29(19-12-13-19)24(32)21(16(2)3)28-25(33)35-26(4,5)6/h8-11,14,16,19,21-22H,1,12-13,15H2,2-7H3,(H,27,31)(H,28,33). The number of amides is 3. The molecule has 0 radical (unpaired) electrons. The number of hydrogen-bond donors (Lipinski definition) is 2. The summed E-state index contributed by atoms with van der Waals surface area (Å²) in [5, 5.41) is 5.27. The van der Waals surface area contributed by atoms with E-state index < -0.39 is 41.6 Å². The van der Waals surface area contributed by atoms with Gasteiger partial charge < -0.3 is 25.0 Å². The topological polar surface area (TPSA) is 114 Å². The second-order valence-corrected chi connectivity index (χ2v) is 9.92. The largest absolute Gasteiger partial charge is 0.468 e. The van der Waals surface area contributed by atoms with Gasteiger partial charge in [0.1, 0.15) is 24.2 Å². The van der Waals surface area contributed by atoms with Gasteiger partial charge in [-0.2, -0.15) is 0 Å². The van der Waals surface area contributed by atoms with Gasteiger partial charge in [-0.15, -0.1) is 0 Å². The zero-order valence-corrected chi connectivity index (χ0v) is 21.4. The van der Waals surface area contributed by atoms with Gasteiger partial charge in [0.25, 0.3) is 0 Å². The number of hydrogen-bond acceptors (Lipinski definition) is 6. The van der Waals surface area contributed by atoms with Crippen molar-refractivity contribution in [2.24, 2.45) is 5.92 Å². The Morgan fingerprint density at radius 1 is 1.20 bits per heavy atom. The third-order valence-electron chi connectivity index (χ3n) is 5.42. The number of carbonyl (C=O) groups excluding carboxylic acids is 4. The fourth-order valence-corrected chi connectivity index (χ4v) is 3.60. The molecule has 1 aromatic rings. The highest BCUT2D eigenvalue weighted by Gasteiger charge is 2.44.